The summed E-state index contributed by atoms with van der Waals surface area (Å²) in [7, 11) is -2.41. The molecule has 0 amide bonds. The molecule has 1 aliphatic rings. The highest BCUT2D eigenvalue weighted by Gasteiger charge is 2.42. The number of methoxy groups -OCH3 is 1. The molecular formula is C13H16ClNO4S. The van der Waals surface area contributed by atoms with E-state index in [1.807, 2.05) is 0 Å². The van der Waals surface area contributed by atoms with Crippen molar-refractivity contribution in [3.8, 4) is 0 Å². The third kappa shape index (κ3) is 3.07. The molecule has 110 valence electrons. The molecule has 20 heavy (non-hydrogen) atoms. The maximum absolute atomic E-state index is 12.4. The second-order valence-corrected chi connectivity index (χ2v) is 7.03. The summed E-state index contributed by atoms with van der Waals surface area (Å²) in [6.45, 7) is 0. The van der Waals surface area contributed by atoms with Gasteiger partial charge in [-0.05, 0) is 25.0 Å². The SMILES string of the molecule is COC(=O)C1CCCC1S(=O)(=O)Nc1ccccc1Cl. The first-order valence-electron chi connectivity index (χ1n) is 6.29. The number of halogens is 1. The molecule has 2 rings (SSSR count). The molecule has 2 unspecified atom stereocenters. The van der Waals surface area contributed by atoms with Crippen molar-refractivity contribution >= 4 is 33.3 Å². The van der Waals surface area contributed by atoms with Crippen LogP contribution in [-0.4, -0.2) is 26.7 Å². The second-order valence-electron chi connectivity index (χ2n) is 4.73. The topological polar surface area (TPSA) is 72.5 Å². The number of ether oxygens (including phenoxy) is 1. The summed E-state index contributed by atoms with van der Waals surface area (Å²) in [5.74, 6) is -1.09. The number of nitrogens with one attached hydrogen (secondary N) is 1. The Morgan fingerprint density at radius 3 is 2.70 bits per heavy atom. The average molecular weight is 318 g/mol. The lowest BCUT2D eigenvalue weighted by molar-refractivity contribution is -0.145. The van der Waals surface area contributed by atoms with Crippen molar-refractivity contribution in [3.63, 3.8) is 0 Å². The average Bonchev–Trinajstić information content (AvgIpc) is 2.90. The van der Waals surface area contributed by atoms with Crippen LogP contribution in [0.15, 0.2) is 24.3 Å². The first kappa shape index (κ1) is 15.1. The van der Waals surface area contributed by atoms with E-state index in [4.69, 9.17) is 11.6 Å². The van der Waals surface area contributed by atoms with Crippen LogP contribution in [0.4, 0.5) is 5.69 Å². The Labute approximate surface area is 123 Å². The number of sulfonamides is 1. The third-order valence-electron chi connectivity index (χ3n) is 3.48. The van der Waals surface area contributed by atoms with Crippen LogP contribution in [0.3, 0.4) is 0 Å². The van der Waals surface area contributed by atoms with Gasteiger partial charge in [0.25, 0.3) is 0 Å². The molecule has 1 aromatic carbocycles. The van der Waals surface area contributed by atoms with Crippen molar-refractivity contribution in [2.24, 2.45) is 5.92 Å². The van der Waals surface area contributed by atoms with Gasteiger partial charge in [-0.15, -0.1) is 0 Å². The van der Waals surface area contributed by atoms with E-state index in [0.29, 0.717) is 30.0 Å². The molecule has 0 heterocycles. The van der Waals surface area contributed by atoms with Crippen LogP contribution in [0.1, 0.15) is 19.3 Å². The zero-order chi connectivity index (χ0) is 14.8. The van der Waals surface area contributed by atoms with Crippen LogP contribution in [0, 0.1) is 5.92 Å². The number of esters is 1. The maximum Gasteiger partial charge on any atom is 0.310 e. The van der Waals surface area contributed by atoms with Gasteiger partial charge in [0.2, 0.25) is 10.0 Å². The Morgan fingerprint density at radius 1 is 1.35 bits per heavy atom. The van der Waals surface area contributed by atoms with E-state index in [1.54, 1.807) is 24.3 Å². The molecule has 1 saturated carbocycles. The van der Waals surface area contributed by atoms with Gasteiger partial charge in [-0.3, -0.25) is 9.52 Å². The highest BCUT2D eigenvalue weighted by atomic mass is 35.5. The van der Waals surface area contributed by atoms with E-state index in [0.717, 1.165) is 0 Å². The summed E-state index contributed by atoms with van der Waals surface area (Å²) in [5, 5.41) is -0.449. The fourth-order valence-electron chi connectivity index (χ4n) is 2.49. The summed E-state index contributed by atoms with van der Waals surface area (Å²) >= 11 is 5.94. The highest BCUT2D eigenvalue weighted by molar-refractivity contribution is 7.93. The Balaban J connectivity index is 2.22. The first-order valence-corrected chi connectivity index (χ1v) is 8.22. The lowest BCUT2D eigenvalue weighted by Crippen LogP contribution is -2.35. The highest BCUT2D eigenvalue weighted by Crippen LogP contribution is 2.33. The van der Waals surface area contributed by atoms with Crippen LogP contribution in [0.2, 0.25) is 5.02 Å². The molecule has 0 saturated heterocycles. The van der Waals surface area contributed by atoms with E-state index in [1.165, 1.54) is 7.11 Å². The smallest absolute Gasteiger partial charge is 0.310 e. The molecule has 1 aromatic rings. The summed E-state index contributed by atoms with van der Waals surface area (Å²) < 4.78 is 32.0. The molecule has 0 bridgehead atoms. The van der Waals surface area contributed by atoms with E-state index in [-0.39, 0.29) is 0 Å². The first-order chi connectivity index (χ1) is 9.45. The van der Waals surface area contributed by atoms with Crippen LogP contribution >= 0.6 is 11.6 Å². The Bertz CT molecular complexity index is 602. The molecule has 1 aliphatic carbocycles. The van der Waals surface area contributed by atoms with E-state index < -0.39 is 27.2 Å². The number of carbonyl (C=O) groups excluding carboxylic acids is 1. The maximum atomic E-state index is 12.4. The molecule has 0 aliphatic heterocycles. The monoisotopic (exact) mass is 317 g/mol. The summed E-state index contributed by atoms with van der Waals surface area (Å²) in [6.07, 6.45) is 1.66. The zero-order valence-corrected chi connectivity index (χ0v) is 12.6. The number of rotatable bonds is 4. The van der Waals surface area contributed by atoms with Gasteiger partial charge in [-0.1, -0.05) is 30.2 Å². The lowest BCUT2D eigenvalue weighted by Gasteiger charge is -2.19. The predicted molar refractivity (Wildman–Crippen MR) is 77.1 cm³/mol. The van der Waals surface area contributed by atoms with Crippen LogP contribution in [-0.2, 0) is 19.6 Å². The minimum atomic E-state index is -3.68. The molecule has 2 atom stereocenters. The van der Waals surface area contributed by atoms with Crippen molar-refractivity contribution in [1.82, 2.24) is 0 Å². The van der Waals surface area contributed by atoms with Gasteiger partial charge in [-0.2, -0.15) is 0 Å². The molecule has 0 aromatic heterocycles. The number of para-hydroxylation sites is 1. The quantitative estimate of drug-likeness (QED) is 0.866. The van der Waals surface area contributed by atoms with Gasteiger partial charge in [0, 0.05) is 0 Å². The number of anilines is 1. The van der Waals surface area contributed by atoms with Crippen LogP contribution in [0.25, 0.3) is 0 Å². The van der Waals surface area contributed by atoms with Crippen LogP contribution in [0.5, 0.6) is 0 Å². The number of carbonyl (C=O) groups is 1. The summed E-state index contributed by atoms with van der Waals surface area (Å²) in [4.78, 5) is 11.7. The van der Waals surface area contributed by atoms with Crippen molar-refractivity contribution in [2.75, 3.05) is 11.8 Å². The van der Waals surface area contributed by atoms with Gasteiger partial charge >= 0.3 is 5.97 Å². The lowest BCUT2D eigenvalue weighted by atomic mass is 10.1. The predicted octanol–water partition coefficient (Wildman–Crippen LogP) is 2.42. The molecule has 5 nitrogen and oxygen atoms in total. The van der Waals surface area contributed by atoms with E-state index >= 15 is 0 Å². The van der Waals surface area contributed by atoms with Crippen molar-refractivity contribution in [3.05, 3.63) is 29.3 Å². The van der Waals surface area contributed by atoms with Gasteiger partial charge in [-0.25, -0.2) is 8.42 Å². The number of benzene rings is 1. The Morgan fingerprint density at radius 2 is 2.05 bits per heavy atom. The van der Waals surface area contributed by atoms with E-state index in [2.05, 4.69) is 9.46 Å². The fraction of sp³-hybridized carbons (Fsp3) is 0.462. The molecular weight excluding hydrogens is 302 g/mol. The molecule has 1 fully saturated rings. The van der Waals surface area contributed by atoms with Crippen LogP contribution < -0.4 is 4.72 Å². The van der Waals surface area contributed by atoms with Gasteiger partial charge in [0.05, 0.1) is 29.0 Å². The van der Waals surface area contributed by atoms with Crippen molar-refractivity contribution < 1.29 is 17.9 Å². The number of hydrogen-bond acceptors (Lipinski definition) is 4. The van der Waals surface area contributed by atoms with Gasteiger partial charge in [0.15, 0.2) is 0 Å². The third-order valence-corrected chi connectivity index (χ3v) is 5.68. The summed E-state index contributed by atoms with van der Waals surface area (Å²) in [6, 6.07) is 6.59. The van der Waals surface area contributed by atoms with Crippen molar-refractivity contribution in [1.29, 1.82) is 0 Å². The fourth-order valence-corrected chi connectivity index (χ4v) is 4.52. The molecule has 7 heteroatoms. The second kappa shape index (κ2) is 6.01. The summed E-state index contributed by atoms with van der Waals surface area (Å²) in [5.41, 5.74) is 0.324. The Hall–Kier alpha value is -1.27. The Kier molecular flexibility index (Phi) is 4.55. The molecule has 0 radical (unpaired) electrons. The van der Waals surface area contributed by atoms with Crippen molar-refractivity contribution in [2.45, 2.75) is 24.5 Å². The molecule has 0 spiro atoms. The number of hydrogen-bond donors (Lipinski definition) is 1. The molecule has 1 N–H and O–H groups in total. The van der Waals surface area contributed by atoms with Gasteiger partial charge < -0.3 is 4.74 Å². The zero-order valence-electron chi connectivity index (χ0n) is 11.0. The normalized spacial score (nSPS) is 22.5. The van der Waals surface area contributed by atoms with E-state index in [9.17, 15) is 13.2 Å². The standard InChI is InChI=1S/C13H16ClNO4S/c1-19-13(16)9-5-4-8-12(9)20(17,18)15-11-7-3-2-6-10(11)14/h2-3,6-7,9,12,15H,4-5,8H2,1H3. The van der Waals surface area contributed by atoms with Gasteiger partial charge in [0.1, 0.15) is 0 Å². The largest absolute Gasteiger partial charge is 0.469 e. The minimum absolute atomic E-state index is 0.323. The minimum Gasteiger partial charge on any atom is -0.469 e.